The summed E-state index contributed by atoms with van der Waals surface area (Å²) in [5.41, 5.74) is 1.12. The molecule has 1 aliphatic carbocycles. The minimum atomic E-state index is -0.944. The van der Waals surface area contributed by atoms with Gasteiger partial charge in [0.15, 0.2) is 5.78 Å². The number of ketones is 1. The molecule has 68 valence electrons. The molecule has 3 nitrogen and oxygen atoms in total. The third-order valence-electron chi connectivity index (χ3n) is 2.36. The highest BCUT2D eigenvalue weighted by Gasteiger charge is 2.27. The molecule has 13 heavy (non-hydrogen) atoms. The lowest BCUT2D eigenvalue weighted by Crippen LogP contribution is -2.27. The zero-order valence-electron chi connectivity index (χ0n) is 7.03. The Hall–Kier alpha value is -1.35. The van der Waals surface area contributed by atoms with Crippen molar-refractivity contribution in [3.8, 4) is 5.75 Å². The number of phenolic OH excluding ortho intramolecular Hbond substituents is 1. The molecule has 0 bridgehead atoms. The number of aliphatic hydroxyl groups excluding tert-OH is 1. The number of Topliss-reactive ketones (excluding diaryl/α,β-unsaturated/α-hetero) is 1. The van der Waals surface area contributed by atoms with Crippen molar-refractivity contribution in [2.45, 2.75) is 18.9 Å². The zero-order chi connectivity index (χ0) is 9.42. The Morgan fingerprint density at radius 2 is 2.15 bits per heavy atom. The summed E-state index contributed by atoms with van der Waals surface area (Å²) >= 11 is 0. The number of aryl methyl sites for hydroxylation is 1. The predicted molar refractivity (Wildman–Crippen MR) is 46.8 cm³/mol. The highest BCUT2D eigenvalue weighted by Crippen LogP contribution is 2.28. The van der Waals surface area contributed by atoms with Gasteiger partial charge in [-0.15, -0.1) is 0 Å². The molecule has 0 fully saturated rings. The van der Waals surface area contributed by atoms with E-state index in [2.05, 4.69) is 0 Å². The van der Waals surface area contributed by atoms with Crippen LogP contribution in [0.5, 0.6) is 5.75 Å². The van der Waals surface area contributed by atoms with E-state index in [1.54, 1.807) is 12.1 Å². The van der Waals surface area contributed by atoms with Crippen LogP contribution >= 0.6 is 0 Å². The van der Waals surface area contributed by atoms with E-state index in [0.717, 1.165) is 5.56 Å². The van der Waals surface area contributed by atoms with Crippen molar-refractivity contribution in [2.24, 2.45) is 0 Å². The molecule has 1 atom stereocenters. The summed E-state index contributed by atoms with van der Waals surface area (Å²) in [6.07, 6.45) is 0.159. The lowest BCUT2D eigenvalue weighted by Gasteiger charge is -2.19. The van der Waals surface area contributed by atoms with Gasteiger partial charge in [0.25, 0.3) is 0 Å². The molecule has 1 aromatic rings. The van der Waals surface area contributed by atoms with Crippen molar-refractivity contribution >= 4 is 5.78 Å². The second-order valence-corrected chi connectivity index (χ2v) is 3.23. The van der Waals surface area contributed by atoms with Crippen LogP contribution in [0.4, 0.5) is 0 Å². The fourth-order valence-corrected chi connectivity index (χ4v) is 1.67. The lowest BCUT2D eigenvalue weighted by molar-refractivity contribution is 0.0709. The molecule has 0 saturated heterocycles. The van der Waals surface area contributed by atoms with E-state index in [1.165, 1.54) is 6.07 Å². The number of hydrogen-bond acceptors (Lipinski definition) is 3. The fourth-order valence-electron chi connectivity index (χ4n) is 1.67. The first-order valence-electron chi connectivity index (χ1n) is 4.23. The average Bonchev–Trinajstić information content (AvgIpc) is 2.12. The number of aliphatic hydroxyl groups is 1. The van der Waals surface area contributed by atoms with Crippen LogP contribution in [-0.4, -0.2) is 22.1 Å². The molecule has 2 N–H and O–H groups in total. The molecule has 0 amide bonds. The second-order valence-electron chi connectivity index (χ2n) is 3.23. The summed E-state index contributed by atoms with van der Waals surface area (Å²) in [6, 6.07) is 4.98. The number of aromatic hydroxyl groups is 1. The van der Waals surface area contributed by atoms with E-state index in [-0.39, 0.29) is 11.5 Å². The molecule has 0 aromatic heterocycles. The molecule has 1 aromatic carbocycles. The van der Waals surface area contributed by atoms with Gasteiger partial charge in [-0.25, -0.2) is 0 Å². The van der Waals surface area contributed by atoms with Gasteiger partial charge in [0.2, 0.25) is 0 Å². The SMILES string of the molecule is O=C1c2c(O)cccc2CCC1O. The van der Waals surface area contributed by atoms with Crippen molar-refractivity contribution in [1.82, 2.24) is 0 Å². The van der Waals surface area contributed by atoms with E-state index < -0.39 is 6.10 Å². The van der Waals surface area contributed by atoms with Crippen LogP contribution in [0.1, 0.15) is 22.3 Å². The van der Waals surface area contributed by atoms with E-state index in [0.29, 0.717) is 18.4 Å². The van der Waals surface area contributed by atoms with E-state index in [9.17, 15) is 15.0 Å². The molecule has 0 aliphatic heterocycles. The fraction of sp³-hybridized carbons (Fsp3) is 0.300. The minimum absolute atomic E-state index is 0.0266. The van der Waals surface area contributed by atoms with Crippen LogP contribution in [0.25, 0.3) is 0 Å². The van der Waals surface area contributed by atoms with Gasteiger partial charge in [-0.05, 0) is 24.5 Å². The van der Waals surface area contributed by atoms with Gasteiger partial charge in [0, 0.05) is 0 Å². The largest absolute Gasteiger partial charge is 0.507 e. The van der Waals surface area contributed by atoms with Crippen LogP contribution < -0.4 is 0 Å². The van der Waals surface area contributed by atoms with Gasteiger partial charge in [0.05, 0.1) is 5.56 Å². The molecular formula is C10H10O3. The highest BCUT2D eigenvalue weighted by molar-refractivity contribution is 6.03. The van der Waals surface area contributed by atoms with Crippen molar-refractivity contribution in [1.29, 1.82) is 0 Å². The first-order chi connectivity index (χ1) is 6.20. The topological polar surface area (TPSA) is 57.5 Å². The maximum absolute atomic E-state index is 11.4. The Morgan fingerprint density at radius 3 is 2.92 bits per heavy atom. The van der Waals surface area contributed by atoms with Gasteiger partial charge < -0.3 is 10.2 Å². The number of carbonyl (C=O) groups excluding carboxylic acids is 1. The van der Waals surface area contributed by atoms with Crippen molar-refractivity contribution in [3.05, 3.63) is 29.3 Å². The Kier molecular flexibility index (Phi) is 1.81. The quantitative estimate of drug-likeness (QED) is 0.620. The van der Waals surface area contributed by atoms with Crippen LogP contribution in [0.15, 0.2) is 18.2 Å². The second kappa shape index (κ2) is 2.85. The summed E-state index contributed by atoms with van der Waals surface area (Å²) < 4.78 is 0. The summed E-state index contributed by atoms with van der Waals surface area (Å²) in [4.78, 5) is 11.4. The van der Waals surface area contributed by atoms with Gasteiger partial charge in [-0.3, -0.25) is 4.79 Å². The minimum Gasteiger partial charge on any atom is -0.507 e. The van der Waals surface area contributed by atoms with E-state index in [4.69, 9.17) is 0 Å². The number of carbonyl (C=O) groups is 1. The number of rotatable bonds is 0. The normalized spacial score (nSPS) is 21.3. The number of hydrogen-bond donors (Lipinski definition) is 2. The summed E-state index contributed by atoms with van der Waals surface area (Å²) in [7, 11) is 0. The third-order valence-corrected chi connectivity index (χ3v) is 2.36. The number of benzene rings is 1. The van der Waals surface area contributed by atoms with Gasteiger partial charge in [-0.1, -0.05) is 12.1 Å². The monoisotopic (exact) mass is 178 g/mol. The first-order valence-corrected chi connectivity index (χ1v) is 4.23. The third kappa shape index (κ3) is 1.21. The molecule has 0 radical (unpaired) electrons. The maximum atomic E-state index is 11.4. The Balaban J connectivity index is 2.57. The molecule has 0 heterocycles. The molecule has 1 aliphatic rings. The van der Waals surface area contributed by atoms with Crippen molar-refractivity contribution in [3.63, 3.8) is 0 Å². The summed E-state index contributed by atoms with van der Waals surface area (Å²) in [5, 5.41) is 18.7. The Morgan fingerprint density at radius 1 is 1.38 bits per heavy atom. The van der Waals surface area contributed by atoms with E-state index >= 15 is 0 Å². The van der Waals surface area contributed by atoms with Crippen LogP contribution in [0.3, 0.4) is 0 Å². The Bertz CT molecular complexity index is 357. The summed E-state index contributed by atoms with van der Waals surface area (Å²) in [6.45, 7) is 0. The van der Waals surface area contributed by atoms with E-state index in [1.807, 2.05) is 0 Å². The van der Waals surface area contributed by atoms with Gasteiger partial charge in [0.1, 0.15) is 11.9 Å². The lowest BCUT2D eigenvalue weighted by atomic mass is 9.88. The highest BCUT2D eigenvalue weighted by atomic mass is 16.3. The van der Waals surface area contributed by atoms with Crippen LogP contribution in [0.2, 0.25) is 0 Å². The molecule has 3 heteroatoms. The Labute approximate surface area is 75.6 Å². The zero-order valence-corrected chi connectivity index (χ0v) is 7.03. The predicted octanol–water partition coefficient (Wildman–Crippen LogP) is 0.882. The van der Waals surface area contributed by atoms with Crippen LogP contribution in [0, 0.1) is 0 Å². The number of fused-ring (bicyclic) bond motifs is 1. The van der Waals surface area contributed by atoms with Crippen molar-refractivity contribution in [2.75, 3.05) is 0 Å². The summed E-state index contributed by atoms with van der Waals surface area (Å²) in [5.74, 6) is -0.388. The average molecular weight is 178 g/mol. The van der Waals surface area contributed by atoms with Gasteiger partial charge >= 0.3 is 0 Å². The molecule has 2 rings (SSSR count). The van der Waals surface area contributed by atoms with Crippen LogP contribution in [-0.2, 0) is 6.42 Å². The molecular weight excluding hydrogens is 168 g/mol. The standard InChI is InChI=1S/C10H10O3/c11-7-3-1-2-6-4-5-8(12)10(13)9(6)7/h1-3,8,11-12H,4-5H2. The smallest absolute Gasteiger partial charge is 0.195 e. The molecule has 0 spiro atoms. The molecule has 0 saturated carbocycles. The number of phenols is 1. The maximum Gasteiger partial charge on any atom is 0.195 e. The van der Waals surface area contributed by atoms with Crippen molar-refractivity contribution < 1.29 is 15.0 Å². The van der Waals surface area contributed by atoms with Gasteiger partial charge in [-0.2, -0.15) is 0 Å². The molecule has 1 unspecified atom stereocenters. The first kappa shape index (κ1) is 8.26.